The Bertz CT molecular complexity index is 2210. The molecule has 0 unspecified atom stereocenters. The Morgan fingerprint density at radius 2 is 0.884 bits per heavy atom. The summed E-state index contributed by atoms with van der Waals surface area (Å²) in [5.41, 5.74) is 10.3. The van der Waals surface area contributed by atoms with Crippen LogP contribution in [0.5, 0.6) is 0 Å². The molecule has 0 saturated heterocycles. The van der Waals surface area contributed by atoms with E-state index < -0.39 is 0 Å². The lowest BCUT2D eigenvalue weighted by Crippen LogP contribution is -1.91. The predicted octanol–water partition coefficient (Wildman–Crippen LogP) is 10.9. The molecule has 0 spiro atoms. The number of hydrogen-bond acceptors (Lipinski definition) is 2. The van der Waals surface area contributed by atoms with E-state index in [1.54, 1.807) is 0 Å². The molecule has 202 valence electrons. The van der Waals surface area contributed by atoms with Crippen molar-refractivity contribution in [3.8, 4) is 44.6 Å². The van der Waals surface area contributed by atoms with Crippen molar-refractivity contribution in [2.45, 2.75) is 6.92 Å². The van der Waals surface area contributed by atoms with Gasteiger partial charge in [0.1, 0.15) is 0 Å². The number of aryl methyl sites for hydroxylation is 1. The van der Waals surface area contributed by atoms with Gasteiger partial charge in [-0.3, -0.25) is 9.97 Å². The molecule has 0 N–H and O–H groups in total. The molecule has 2 heterocycles. The van der Waals surface area contributed by atoms with Crippen LogP contribution in [0.2, 0.25) is 0 Å². The molecule has 8 rings (SSSR count). The fraction of sp³-hybridized carbons (Fsp3) is 0.0244. The van der Waals surface area contributed by atoms with Gasteiger partial charge in [0.05, 0.1) is 5.69 Å². The largest absolute Gasteiger partial charge is 0.261 e. The average molecular weight is 549 g/mol. The minimum atomic E-state index is 0.930. The highest BCUT2D eigenvalue weighted by atomic mass is 14.7. The van der Waals surface area contributed by atoms with Gasteiger partial charge in [0.2, 0.25) is 0 Å². The van der Waals surface area contributed by atoms with E-state index in [0.29, 0.717) is 0 Å². The number of pyridine rings is 2. The summed E-state index contributed by atoms with van der Waals surface area (Å²) in [6.07, 6.45) is 3.84. The molecule has 0 saturated carbocycles. The SMILES string of the molecule is Cc1ccc(-c2ccc(-c3ccc4cc(-c5c6ccccc6c(-c6ccccc6)c6ccccc56)ccc4c3)cn2)cn1. The third-order valence-electron chi connectivity index (χ3n) is 8.43. The molecule has 0 aliphatic carbocycles. The van der Waals surface area contributed by atoms with E-state index in [2.05, 4.69) is 138 Å². The zero-order valence-corrected chi connectivity index (χ0v) is 23.8. The van der Waals surface area contributed by atoms with Crippen LogP contribution in [-0.4, -0.2) is 9.97 Å². The third-order valence-corrected chi connectivity index (χ3v) is 8.43. The van der Waals surface area contributed by atoms with E-state index in [0.717, 1.165) is 28.1 Å². The summed E-state index contributed by atoms with van der Waals surface area (Å²) in [7, 11) is 0. The first-order chi connectivity index (χ1) is 21.2. The molecule has 0 aliphatic heterocycles. The zero-order chi connectivity index (χ0) is 28.8. The topological polar surface area (TPSA) is 25.8 Å². The van der Waals surface area contributed by atoms with Gasteiger partial charge in [0.25, 0.3) is 0 Å². The number of hydrogen-bond donors (Lipinski definition) is 0. The van der Waals surface area contributed by atoms with Gasteiger partial charge in [0, 0.05) is 29.2 Å². The summed E-state index contributed by atoms with van der Waals surface area (Å²) in [5, 5.41) is 7.52. The van der Waals surface area contributed by atoms with Gasteiger partial charge in [-0.05, 0) is 97.4 Å². The van der Waals surface area contributed by atoms with Crippen LogP contribution in [0.3, 0.4) is 0 Å². The molecule has 0 atom stereocenters. The second-order valence-corrected chi connectivity index (χ2v) is 11.1. The smallest absolute Gasteiger partial charge is 0.0717 e. The van der Waals surface area contributed by atoms with E-state index in [1.807, 2.05) is 25.4 Å². The van der Waals surface area contributed by atoms with Crippen molar-refractivity contribution in [3.05, 3.63) is 158 Å². The lowest BCUT2D eigenvalue weighted by Gasteiger charge is -2.18. The van der Waals surface area contributed by atoms with E-state index >= 15 is 0 Å². The van der Waals surface area contributed by atoms with Crippen LogP contribution in [0, 0.1) is 6.92 Å². The quantitative estimate of drug-likeness (QED) is 0.204. The highest BCUT2D eigenvalue weighted by Crippen LogP contribution is 2.44. The van der Waals surface area contributed by atoms with Gasteiger partial charge in [-0.15, -0.1) is 0 Å². The first kappa shape index (κ1) is 25.1. The molecular formula is C41H28N2. The summed E-state index contributed by atoms with van der Waals surface area (Å²) < 4.78 is 0. The number of nitrogens with zero attached hydrogens (tertiary/aromatic N) is 2. The van der Waals surface area contributed by atoms with Crippen molar-refractivity contribution in [1.82, 2.24) is 9.97 Å². The average Bonchev–Trinajstić information content (AvgIpc) is 3.07. The zero-order valence-electron chi connectivity index (χ0n) is 23.8. The van der Waals surface area contributed by atoms with Crippen LogP contribution < -0.4 is 0 Å². The Kier molecular flexibility index (Phi) is 6.05. The minimum Gasteiger partial charge on any atom is -0.261 e. The van der Waals surface area contributed by atoms with Gasteiger partial charge < -0.3 is 0 Å². The standard InChI is InChI=1S/C41H28N2/c1-27-15-16-34(26-42-27)39-22-21-33(25-43-39)31-18-17-30-24-32(20-19-29(30)23-31)41-37-13-7-5-11-35(37)40(28-9-3-2-4-10-28)36-12-6-8-14-38(36)41/h2-26H,1H3. The fourth-order valence-corrected chi connectivity index (χ4v) is 6.29. The summed E-state index contributed by atoms with van der Waals surface area (Å²) in [4.78, 5) is 9.15. The number of rotatable bonds is 4. The second kappa shape index (κ2) is 10.3. The number of fused-ring (bicyclic) bond motifs is 3. The summed E-state index contributed by atoms with van der Waals surface area (Å²) in [5.74, 6) is 0. The lowest BCUT2D eigenvalue weighted by molar-refractivity contribution is 1.19. The third kappa shape index (κ3) is 4.45. The molecule has 2 nitrogen and oxygen atoms in total. The Hall–Kier alpha value is -5.60. The molecule has 43 heavy (non-hydrogen) atoms. The van der Waals surface area contributed by atoms with Crippen molar-refractivity contribution in [1.29, 1.82) is 0 Å². The molecule has 0 bridgehead atoms. The van der Waals surface area contributed by atoms with E-state index in [4.69, 9.17) is 4.98 Å². The Balaban J connectivity index is 1.23. The van der Waals surface area contributed by atoms with Gasteiger partial charge in [-0.2, -0.15) is 0 Å². The van der Waals surface area contributed by atoms with E-state index in [1.165, 1.54) is 54.6 Å². The summed E-state index contributed by atoms with van der Waals surface area (Å²) in [6, 6.07) is 50.2. The maximum Gasteiger partial charge on any atom is 0.0717 e. The fourth-order valence-electron chi connectivity index (χ4n) is 6.29. The van der Waals surface area contributed by atoms with Gasteiger partial charge in [-0.1, -0.05) is 109 Å². The van der Waals surface area contributed by atoms with Gasteiger partial charge >= 0.3 is 0 Å². The Morgan fingerprint density at radius 1 is 0.372 bits per heavy atom. The van der Waals surface area contributed by atoms with Crippen LogP contribution in [0.25, 0.3) is 77.0 Å². The summed E-state index contributed by atoms with van der Waals surface area (Å²) >= 11 is 0. The number of aromatic nitrogens is 2. The first-order valence-electron chi connectivity index (χ1n) is 14.7. The van der Waals surface area contributed by atoms with Crippen molar-refractivity contribution in [2.75, 3.05) is 0 Å². The Labute approximate surface area is 251 Å². The maximum absolute atomic E-state index is 4.74. The monoisotopic (exact) mass is 548 g/mol. The minimum absolute atomic E-state index is 0.930. The van der Waals surface area contributed by atoms with Crippen molar-refractivity contribution in [2.24, 2.45) is 0 Å². The van der Waals surface area contributed by atoms with Crippen molar-refractivity contribution in [3.63, 3.8) is 0 Å². The Morgan fingerprint density at radius 3 is 1.47 bits per heavy atom. The molecular weight excluding hydrogens is 520 g/mol. The van der Waals surface area contributed by atoms with E-state index in [-0.39, 0.29) is 0 Å². The highest BCUT2D eigenvalue weighted by Gasteiger charge is 2.16. The second-order valence-electron chi connectivity index (χ2n) is 11.1. The van der Waals surface area contributed by atoms with Crippen LogP contribution in [-0.2, 0) is 0 Å². The molecule has 2 heteroatoms. The van der Waals surface area contributed by atoms with Crippen LogP contribution in [0.1, 0.15) is 5.69 Å². The maximum atomic E-state index is 4.74. The van der Waals surface area contributed by atoms with Gasteiger partial charge in [0.15, 0.2) is 0 Å². The molecule has 0 amide bonds. The van der Waals surface area contributed by atoms with Gasteiger partial charge in [-0.25, -0.2) is 0 Å². The lowest BCUT2D eigenvalue weighted by atomic mass is 9.85. The number of benzene rings is 6. The molecule has 8 aromatic rings. The van der Waals surface area contributed by atoms with Crippen LogP contribution in [0.15, 0.2) is 152 Å². The summed E-state index contributed by atoms with van der Waals surface area (Å²) in [6.45, 7) is 2.00. The molecule has 0 aliphatic rings. The molecule has 0 radical (unpaired) electrons. The highest BCUT2D eigenvalue weighted by molar-refractivity contribution is 6.21. The molecule has 0 fully saturated rings. The van der Waals surface area contributed by atoms with Crippen LogP contribution in [0.4, 0.5) is 0 Å². The normalized spacial score (nSPS) is 11.4. The molecule has 6 aromatic carbocycles. The van der Waals surface area contributed by atoms with Crippen molar-refractivity contribution >= 4 is 32.3 Å². The van der Waals surface area contributed by atoms with E-state index in [9.17, 15) is 0 Å². The van der Waals surface area contributed by atoms with Crippen LogP contribution >= 0.6 is 0 Å². The first-order valence-corrected chi connectivity index (χ1v) is 14.7. The predicted molar refractivity (Wildman–Crippen MR) is 181 cm³/mol. The molecule has 2 aromatic heterocycles. The van der Waals surface area contributed by atoms with Crippen molar-refractivity contribution < 1.29 is 0 Å².